The van der Waals surface area contributed by atoms with Gasteiger partial charge in [0.1, 0.15) is 0 Å². The molecule has 0 amide bonds. The molecule has 1 saturated heterocycles. The highest BCUT2D eigenvalue weighted by atomic mass is 16.5. The Morgan fingerprint density at radius 3 is 2.90 bits per heavy atom. The third-order valence-electron chi connectivity index (χ3n) is 2.62. The van der Waals surface area contributed by atoms with Crippen molar-refractivity contribution in [2.45, 2.75) is 12.8 Å². The zero-order valence-electron chi connectivity index (χ0n) is 5.67. The predicted octanol–water partition coefficient (Wildman–Crippen LogP) is 0.498. The number of rotatable bonds is 1. The number of aliphatic carboxylic acids is 1. The molecule has 3 nitrogen and oxygen atoms in total. The minimum atomic E-state index is -0.648. The molecule has 0 aromatic heterocycles. The van der Waals surface area contributed by atoms with Crippen LogP contribution in [0, 0.1) is 11.3 Å². The van der Waals surface area contributed by atoms with E-state index < -0.39 is 5.97 Å². The Morgan fingerprint density at radius 1 is 1.70 bits per heavy atom. The Bertz CT molecular complexity index is 170. The molecule has 2 atom stereocenters. The maximum atomic E-state index is 10.5. The second-order valence-electron chi connectivity index (χ2n) is 3.26. The van der Waals surface area contributed by atoms with Gasteiger partial charge in [-0.25, -0.2) is 0 Å². The molecule has 1 aliphatic carbocycles. The van der Waals surface area contributed by atoms with E-state index >= 15 is 0 Å². The van der Waals surface area contributed by atoms with Crippen molar-refractivity contribution in [3.8, 4) is 0 Å². The smallest absolute Gasteiger partial charge is 0.307 e. The number of hydrogen-bond donors (Lipinski definition) is 1. The topological polar surface area (TPSA) is 46.5 Å². The summed E-state index contributed by atoms with van der Waals surface area (Å²) in [6.45, 7) is 1.42. The first-order chi connectivity index (χ1) is 4.75. The van der Waals surface area contributed by atoms with Crippen LogP contribution < -0.4 is 0 Å². The molecule has 1 spiro atoms. The minimum absolute atomic E-state index is 0.0613. The van der Waals surface area contributed by atoms with Crippen molar-refractivity contribution in [1.29, 1.82) is 0 Å². The third kappa shape index (κ3) is 0.669. The molecule has 2 aliphatic rings. The Balaban J connectivity index is 2.04. The largest absolute Gasteiger partial charge is 0.481 e. The molecule has 2 fully saturated rings. The summed E-state index contributed by atoms with van der Waals surface area (Å²) in [6.07, 6.45) is 1.78. The van der Waals surface area contributed by atoms with Crippen molar-refractivity contribution >= 4 is 5.97 Å². The Morgan fingerprint density at radius 2 is 2.50 bits per heavy atom. The molecule has 2 unspecified atom stereocenters. The average Bonchev–Trinajstić information content (AvgIpc) is 2.32. The van der Waals surface area contributed by atoms with E-state index in [2.05, 4.69) is 0 Å². The van der Waals surface area contributed by atoms with Crippen LogP contribution >= 0.6 is 0 Å². The lowest BCUT2D eigenvalue weighted by molar-refractivity contribution is -0.139. The van der Waals surface area contributed by atoms with Crippen LogP contribution in [0.4, 0.5) is 0 Å². The number of carboxylic acids is 1. The van der Waals surface area contributed by atoms with Gasteiger partial charge in [0.05, 0.1) is 12.5 Å². The average molecular weight is 142 g/mol. The zero-order valence-corrected chi connectivity index (χ0v) is 5.67. The van der Waals surface area contributed by atoms with E-state index in [1.165, 1.54) is 0 Å². The highest BCUT2D eigenvalue weighted by molar-refractivity contribution is 5.74. The summed E-state index contributed by atoms with van der Waals surface area (Å²) >= 11 is 0. The first-order valence-electron chi connectivity index (χ1n) is 3.55. The maximum Gasteiger partial charge on any atom is 0.307 e. The summed E-state index contributed by atoms with van der Waals surface area (Å²) in [5, 5.41) is 8.62. The number of carboxylic acid groups (broad SMARTS) is 1. The summed E-state index contributed by atoms with van der Waals surface area (Å²) in [4.78, 5) is 10.5. The van der Waals surface area contributed by atoms with Crippen molar-refractivity contribution in [3.63, 3.8) is 0 Å². The van der Waals surface area contributed by atoms with Gasteiger partial charge >= 0.3 is 5.97 Å². The first-order valence-corrected chi connectivity index (χ1v) is 3.55. The molecule has 56 valence electrons. The van der Waals surface area contributed by atoms with E-state index in [9.17, 15) is 4.79 Å². The van der Waals surface area contributed by atoms with Crippen LogP contribution in [-0.4, -0.2) is 24.3 Å². The molecule has 0 aromatic carbocycles. The molecular formula is C7H10O3. The van der Waals surface area contributed by atoms with E-state index in [4.69, 9.17) is 9.84 Å². The van der Waals surface area contributed by atoms with Crippen molar-refractivity contribution in [1.82, 2.24) is 0 Å². The lowest BCUT2D eigenvalue weighted by Crippen LogP contribution is -2.09. The fourth-order valence-corrected chi connectivity index (χ4v) is 1.76. The molecule has 3 heteroatoms. The van der Waals surface area contributed by atoms with E-state index in [1.54, 1.807) is 0 Å². The second kappa shape index (κ2) is 1.72. The summed E-state index contributed by atoms with van der Waals surface area (Å²) in [5.41, 5.74) is 0.0613. The monoisotopic (exact) mass is 142 g/mol. The quantitative estimate of drug-likeness (QED) is 0.579. The summed E-state index contributed by atoms with van der Waals surface area (Å²) in [5.74, 6) is -0.750. The first kappa shape index (κ1) is 6.16. The van der Waals surface area contributed by atoms with E-state index in [-0.39, 0.29) is 11.3 Å². The van der Waals surface area contributed by atoms with Gasteiger partial charge in [-0.2, -0.15) is 0 Å². The SMILES string of the molecule is O=C(O)C1CC12CCOC2. The van der Waals surface area contributed by atoms with Crippen LogP contribution in [0.15, 0.2) is 0 Å². The predicted molar refractivity (Wildman–Crippen MR) is 33.6 cm³/mol. The number of carbonyl (C=O) groups is 1. The van der Waals surface area contributed by atoms with Gasteiger partial charge in [0, 0.05) is 12.0 Å². The van der Waals surface area contributed by atoms with Gasteiger partial charge in [-0.05, 0) is 12.8 Å². The van der Waals surface area contributed by atoms with Crippen LogP contribution in [0.25, 0.3) is 0 Å². The fraction of sp³-hybridized carbons (Fsp3) is 0.857. The zero-order chi connectivity index (χ0) is 7.19. The normalized spacial score (nSPS) is 44.2. The Labute approximate surface area is 59.0 Å². The number of hydrogen-bond acceptors (Lipinski definition) is 2. The summed E-state index contributed by atoms with van der Waals surface area (Å²) < 4.78 is 5.14. The lowest BCUT2D eigenvalue weighted by Gasteiger charge is -2.00. The fourth-order valence-electron chi connectivity index (χ4n) is 1.76. The lowest BCUT2D eigenvalue weighted by atomic mass is 10.0. The molecule has 0 bridgehead atoms. The van der Waals surface area contributed by atoms with E-state index in [0.29, 0.717) is 6.61 Å². The van der Waals surface area contributed by atoms with Crippen LogP contribution in [0.3, 0.4) is 0 Å². The van der Waals surface area contributed by atoms with Gasteiger partial charge in [0.25, 0.3) is 0 Å². The highest BCUT2D eigenvalue weighted by Gasteiger charge is 2.60. The van der Waals surface area contributed by atoms with Gasteiger partial charge in [0.15, 0.2) is 0 Å². The standard InChI is InChI=1S/C7H10O3/c8-6(9)5-3-7(5)1-2-10-4-7/h5H,1-4H2,(H,8,9). The van der Waals surface area contributed by atoms with Crippen LogP contribution in [0.5, 0.6) is 0 Å². The molecule has 1 heterocycles. The molecule has 1 aliphatic heterocycles. The summed E-state index contributed by atoms with van der Waals surface area (Å²) in [7, 11) is 0. The molecule has 0 aromatic rings. The van der Waals surface area contributed by atoms with Gasteiger partial charge in [-0.15, -0.1) is 0 Å². The number of ether oxygens (including phenoxy) is 1. The van der Waals surface area contributed by atoms with Crippen molar-refractivity contribution in [2.24, 2.45) is 11.3 Å². The van der Waals surface area contributed by atoms with Gasteiger partial charge in [0.2, 0.25) is 0 Å². The molecule has 0 radical (unpaired) electrons. The van der Waals surface area contributed by atoms with Crippen molar-refractivity contribution in [3.05, 3.63) is 0 Å². The molecule has 1 N–H and O–H groups in total. The Hall–Kier alpha value is -0.570. The summed E-state index contributed by atoms with van der Waals surface area (Å²) in [6, 6.07) is 0. The second-order valence-corrected chi connectivity index (χ2v) is 3.26. The maximum absolute atomic E-state index is 10.5. The molecular weight excluding hydrogens is 132 g/mol. The van der Waals surface area contributed by atoms with Crippen LogP contribution in [-0.2, 0) is 9.53 Å². The third-order valence-corrected chi connectivity index (χ3v) is 2.62. The molecule has 2 rings (SSSR count). The Kier molecular flexibility index (Phi) is 1.06. The molecule has 10 heavy (non-hydrogen) atoms. The van der Waals surface area contributed by atoms with Crippen LogP contribution in [0.2, 0.25) is 0 Å². The molecule has 1 saturated carbocycles. The van der Waals surface area contributed by atoms with Gasteiger partial charge in [-0.1, -0.05) is 0 Å². The van der Waals surface area contributed by atoms with E-state index in [0.717, 1.165) is 19.4 Å². The highest BCUT2D eigenvalue weighted by Crippen LogP contribution is 2.57. The van der Waals surface area contributed by atoms with Crippen molar-refractivity contribution in [2.75, 3.05) is 13.2 Å². The van der Waals surface area contributed by atoms with Crippen LogP contribution in [0.1, 0.15) is 12.8 Å². The minimum Gasteiger partial charge on any atom is -0.481 e. The van der Waals surface area contributed by atoms with Gasteiger partial charge < -0.3 is 9.84 Å². The van der Waals surface area contributed by atoms with Gasteiger partial charge in [-0.3, -0.25) is 4.79 Å². The van der Waals surface area contributed by atoms with E-state index in [1.807, 2.05) is 0 Å². The van der Waals surface area contributed by atoms with Crippen molar-refractivity contribution < 1.29 is 14.6 Å².